The van der Waals surface area contributed by atoms with Crippen molar-refractivity contribution in [2.24, 2.45) is 0 Å². The van der Waals surface area contributed by atoms with E-state index in [1.165, 1.54) is 5.56 Å². The van der Waals surface area contributed by atoms with Gasteiger partial charge in [0.05, 0.1) is 7.11 Å². The number of nitrogens with zero attached hydrogens (tertiary/aromatic N) is 1. The summed E-state index contributed by atoms with van der Waals surface area (Å²) in [5.74, 6) is 1.82. The summed E-state index contributed by atoms with van der Waals surface area (Å²) in [5, 5.41) is 0. The topological polar surface area (TPSA) is 55.0 Å². The Morgan fingerprint density at radius 3 is 2.65 bits per heavy atom. The van der Waals surface area contributed by atoms with E-state index in [9.17, 15) is 4.79 Å². The fourth-order valence-electron chi connectivity index (χ4n) is 1.67. The molecule has 1 heterocycles. The van der Waals surface area contributed by atoms with E-state index in [-0.39, 0.29) is 10.8 Å². The first-order valence-electron chi connectivity index (χ1n) is 5.38. The predicted octanol–water partition coefficient (Wildman–Crippen LogP) is 2.19. The van der Waals surface area contributed by atoms with Gasteiger partial charge in [-0.1, -0.05) is 19.1 Å². The monoisotopic (exact) mass is 250 g/mol. The lowest BCUT2D eigenvalue weighted by atomic mass is 10.0. The van der Waals surface area contributed by atoms with Crippen LogP contribution >= 0.6 is 11.5 Å². The first-order chi connectivity index (χ1) is 8.19. The number of aromatic amines is 1. The second-order valence-electron chi connectivity index (χ2n) is 3.93. The number of methoxy groups -OCH3 is 1. The number of aromatic nitrogens is 2. The van der Waals surface area contributed by atoms with Gasteiger partial charge in [0.15, 0.2) is 0 Å². The Bertz CT molecular complexity index is 530. The van der Waals surface area contributed by atoms with Gasteiger partial charge in [0.2, 0.25) is 0 Å². The van der Waals surface area contributed by atoms with Crippen molar-refractivity contribution in [2.75, 3.05) is 7.11 Å². The van der Waals surface area contributed by atoms with Gasteiger partial charge in [-0.05, 0) is 24.1 Å². The second-order valence-corrected chi connectivity index (χ2v) is 4.67. The summed E-state index contributed by atoms with van der Waals surface area (Å²) in [6.45, 7) is 2.05. The largest absolute Gasteiger partial charge is 0.497 e. The Balaban J connectivity index is 2.07. The molecular weight excluding hydrogens is 236 g/mol. The van der Waals surface area contributed by atoms with Crippen molar-refractivity contribution in [3.63, 3.8) is 0 Å². The Morgan fingerprint density at radius 2 is 2.12 bits per heavy atom. The van der Waals surface area contributed by atoms with Gasteiger partial charge >= 0.3 is 4.87 Å². The lowest BCUT2D eigenvalue weighted by molar-refractivity contribution is 0.414. The van der Waals surface area contributed by atoms with Crippen LogP contribution in [0.5, 0.6) is 5.75 Å². The molecule has 1 N–H and O–H groups in total. The molecule has 1 aromatic heterocycles. The Labute approximate surface area is 103 Å². The molecule has 4 nitrogen and oxygen atoms in total. The fourth-order valence-corrected chi connectivity index (χ4v) is 2.22. The molecule has 0 aliphatic carbocycles. The lowest BCUT2D eigenvalue weighted by Gasteiger charge is -2.08. The van der Waals surface area contributed by atoms with E-state index in [1.54, 1.807) is 7.11 Å². The summed E-state index contributed by atoms with van der Waals surface area (Å²) in [5.41, 5.74) is 1.20. The standard InChI is InChI=1S/C12H14N2O2S/c1-8(11-13-12(15)17-14-11)7-9-3-5-10(16-2)6-4-9/h3-6,8H,7H2,1-2H3,(H,13,14,15). The van der Waals surface area contributed by atoms with Crippen molar-refractivity contribution in [1.29, 1.82) is 0 Å². The lowest BCUT2D eigenvalue weighted by Crippen LogP contribution is -2.03. The van der Waals surface area contributed by atoms with Crippen LogP contribution in [0.25, 0.3) is 0 Å². The first-order valence-corrected chi connectivity index (χ1v) is 6.15. The van der Waals surface area contributed by atoms with E-state index in [0.29, 0.717) is 0 Å². The molecule has 0 saturated carbocycles. The van der Waals surface area contributed by atoms with Crippen molar-refractivity contribution in [3.05, 3.63) is 45.3 Å². The number of H-pyrrole nitrogens is 1. The zero-order valence-corrected chi connectivity index (χ0v) is 10.6. The third kappa shape index (κ3) is 2.94. The number of hydrogen-bond donors (Lipinski definition) is 1. The molecule has 0 amide bonds. The molecule has 1 aromatic carbocycles. The van der Waals surface area contributed by atoms with Crippen LogP contribution in [-0.4, -0.2) is 16.5 Å². The first kappa shape index (κ1) is 11.9. The molecule has 17 heavy (non-hydrogen) atoms. The van der Waals surface area contributed by atoms with Crippen molar-refractivity contribution in [1.82, 2.24) is 9.36 Å². The van der Waals surface area contributed by atoms with Gasteiger partial charge in [-0.15, -0.1) is 0 Å². The number of hydrogen-bond acceptors (Lipinski definition) is 4. The normalized spacial score (nSPS) is 12.4. The van der Waals surface area contributed by atoms with Gasteiger partial charge in [0.1, 0.15) is 11.6 Å². The van der Waals surface area contributed by atoms with E-state index < -0.39 is 0 Å². The highest BCUT2D eigenvalue weighted by atomic mass is 32.1. The molecule has 0 spiro atoms. The van der Waals surface area contributed by atoms with E-state index in [4.69, 9.17) is 4.74 Å². The van der Waals surface area contributed by atoms with Gasteiger partial charge in [0.25, 0.3) is 0 Å². The molecular formula is C12H14N2O2S. The van der Waals surface area contributed by atoms with Crippen LogP contribution in [-0.2, 0) is 6.42 Å². The van der Waals surface area contributed by atoms with Gasteiger partial charge in [-0.2, -0.15) is 4.37 Å². The van der Waals surface area contributed by atoms with Gasteiger partial charge < -0.3 is 4.74 Å². The minimum absolute atomic E-state index is 0.0958. The summed E-state index contributed by atoms with van der Waals surface area (Å²) in [6.07, 6.45) is 0.851. The van der Waals surface area contributed by atoms with Crippen LogP contribution in [0.2, 0.25) is 0 Å². The number of ether oxygens (including phenoxy) is 1. The maximum absolute atomic E-state index is 11.0. The molecule has 0 radical (unpaired) electrons. The SMILES string of the molecule is COc1ccc(CC(C)c2nsc(=O)[nH]2)cc1. The average molecular weight is 250 g/mol. The molecule has 1 unspecified atom stereocenters. The van der Waals surface area contributed by atoms with E-state index in [1.807, 2.05) is 24.3 Å². The van der Waals surface area contributed by atoms with Gasteiger partial charge in [-0.3, -0.25) is 9.78 Å². The van der Waals surface area contributed by atoms with Crippen LogP contribution in [0.1, 0.15) is 24.2 Å². The van der Waals surface area contributed by atoms with E-state index in [0.717, 1.165) is 29.5 Å². The highest BCUT2D eigenvalue weighted by Crippen LogP contribution is 2.19. The second kappa shape index (κ2) is 5.14. The van der Waals surface area contributed by atoms with Gasteiger partial charge in [0, 0.05) is 17.5 Å². The Kier molecular flexibility index (Phi) is 3.58. The smallest absolute Gasteiger partial charge is 0.323 e. The van der Waals surface area contributed by atoms with Crippen molar-refractivity contribution in [3.8, 4) is 5.75 Å². The average Bonchev–Trinajstić information content (AvgIpc) is 2.77. The summed E-state index contributed by atoms with van der Waals surface area (Å²) >= 11 is 0.968. The molecule has 0 fully saturated rings. The molecule has 1 atom stereocenters. The predicted molar refractivity (Wildman–Crippen MR) is 67.8 cm³/mol. The Morgan fingerprint density at radius 1 is 1.41 bits per heavy atom. The highest BCUT2D eigenvalue weighted by molar-refractivity contribution is 7.02. The highest BCUT2D eigenvalue weighted by Gasteiger charge is 2.10. The molecule has 0 bridgehead atoms. The van der Waals surface area contributed by atoms with Crippen LogP contribution in [0, 0.1) is 0 Å². The van der Waals surface area contributed by atoms with Crippen molar-refractivity contribution in [2.45, 2.75) is 19.3 Å². The van der Waals surface area contributed by atoms with Crippen LogP contribution < -0.4 is 9.61 Å². The van der Waals surface area contributed by atoms with Crippen LogP contribution in [0.15, 0.2) is 29.1 Å². The molecule has 90 valence electrons. The third-order valence-corrected chi connectivity index (χ3v) is 3.18. The van der Waals surface area contributed by atoms with Crippen molar-refractivity contribution >= 4 is 11.5 Å². The molecule has 0 saturated heterocycles. The van der Waals surface area contributed by atoms with Crippen molar-refractivity contribution < 1.29 is 4.74 Å². The van der Waals surface area contributed by atoms with Crippen LogP contribution in [0.4, 0.5) is 0 Å². The Hall–Kier alpha value is -1.62. The zero-order valence-electron chi connectivity index (χ0n) is 9.77. The number of benzene rings is 1. The summed E-state index contributed by atoms with van der Waals surface area (Å²) in [4.78, 5) is 13.7. The number of rotatable bonds is 4. The van der Waals surface area contributed by atoms with Crippen LogP contribution in [0.3, 0.4) is 0 Å². The minimum Gasteiger partial charge on any atom is -0.497 e. The number of nitrogens with one attached hydrogen (secondary N) is 1. The molecule has 5 heteroatoms. The summed E-state index contributed by atoms with van der Waals surface area (Å²) in [6, 6.07) is 7.93. The molecule has 2 aromatic rings. The minimum atomic E-state index is -0.0958. The maximum Gasteiger partial charge on any atom is 0.323 e. The van der Waals surface area contributed by atoms with E-state index in [2.05, 4.69) is 16.3 Å². The third-order valence-electron chi connectivity index (χ3n) is 2.62. The quantitative estimate of drug-likeness (QED) is 0.905. The van der Waals surface area contributed by atoms with E-state index >= 15 is 0 Å². The zero-order chi connectivity index (χ0) is 12.3. The summed E-state index contributed by atoms with van der Waals surface area (Å²) < 4.78 is 9.20. The summed E-state index contributed by atoms with van der Waals surface area (Å²) in [7, 11) is 1.65. The molecule has 0 aliphatic rings. The fraction of sp³-hybridized carbons (Fsp3) is 0.333. The molecule has 2 rings (SSSR count). The maximum atomic E-state index is 11.0. The van der Waals surface area contributed by atoms with Gasteiger partial charge in [-0.25, -0.2) is 0 Å². The molecule has 0 aliphatic heterocycles.